The van der Waals surface area contributed by atoms with Crippen molar-refractivity contribution in [1.29, 1.82) is 0 Å². The highest BCUT2D eigenvalue weighted by atomic mass is 79.9. The molecule has 0 aliphatic carbocycles. The zero-order valence-electron chi connectivity index (χ0n) is 11.8. The van der Waals surface area contributed by atoms with Gasteiger partial charge in [-0.1, -0.05) is 52.3 Å². The number of carbonyl (C=O) groups excluding carboxylic acids is 1. The van der Waals surface area contributed by atoms with E-state index in [0.29, 0.717) is 6.54 Å². The van der Waals surface area contributed by atoms with Crippen LogP contribution in [-0.2, 0) is 6.54 Å². The monoisotopic (exact) mass is 344 g/mol. The maximum atomic E-state index is 11.7. The lowest BCUT2D eigenvalue weighted by Crippen LogP contribution is -2.31. The van der Waals surface area contributed by atoms with Gasteiger partial charge in [-0.25, -0.2) is 4.79 Å². The first-order chi connectivity index (χ1) is 10.1. The van der Waals surface area contributed by atoms with Gasteiger partial charge in [0.25, 0.3) is 0 Å². The lowest BCUT2D eigenvalue weighted by molar-refractivity contribution is 0.244. The minimum Gasteiger partial charge on any atom is -0.334 e. The van der Waals surface area contributed by atoms with Crippen LogP contribution < -0.4 is 10.6 Å². The Hall–Kier alpha value is -2.07. The molecule has 3 nitrogen and oxygen atoms in total. The molecule has 2 rings (SSSR count). The van der Waals surface area contributed by atoms with Gasteiger partial charge in [-0.2, -0.15) is 0 Å². The quantitative estimate of drug-likeness (QED) is 0.856. The second-order valence-electron chi connectivity index (χ2n) is 4.64. The topological polar surface area (TPSA) is 41.1 Å². The minimum absolute atomic E-state index is 0.220. The number of hydrogen-bond donors (Lipinski definition) is 2. The van der Waals surface area contributed by atoms with Crippen LogP contribution in [0.4, 0.5) is 4.79 Å². The summed E-state index contributed by atoms with van der Waals surface area (Å²) in [5.41, 5.74) is 3.31. The predicted molar refractivity (Wildman–Crippen MR) is 89.7 cm³/mol. The molecule has 0 aliphatic rings. The summed E-state index contributed by atoms with van der Waals surface area (Å²) in [5.74, 6) is 0. The van der Waals surface area contributed by atoms with Crippen molar-refractivity contribution in [2.45, 2.75) is 13.5 Å². The van der Waals surface area contributed by atoms with E-state index in [1.807, 2.05) is 61.5 Å². The summed E-state index contributed by atoms with van der Waals surface area (Å²) in [4.78, 5) is 11.7. The normalized spacial score (nSPS) is 10.6. The number of nitrogens with one attached hydrogen (secondary N) is 2. The number of halogens is 1. The Labute approximate surface area is 133 Å². The summed E-state index contributed by atoms with van der Waals surface area (Å²) in [6, 6.07) is 15.6. The smallest absolute Gasteiger partial charge is 0.319 e. The zero-order valence-corrected chi connectivity index (χ0v) is 13.4. The van der Waals surface area contributed by atoms with Gasteiger partial charge in [-0.15, -0.1) is 0 Å². The van der Waals surface area contributed by atoms with Gasteiger partial charge < -0.3 is 10.6 Å². The largest absolute Gasteiger partial charge is 0.334 e. The fourth-order valence-electron chi connectivity index (χ4n) is 1.82. The van der Waals surface area contributed by atoms with Crippen LogP contribution in [0.5, 0.6) is 0 Å². The summed E-state index contributed by atoms with van der Waals surface area (Å²) in [5, 5.41) is 5.50. The highest BCUT2D eigenvalue weighted by Gasteiger charge is 1.98. The van der Waals surface area contributed by atoms with Crippen LogP contribution in [0.2, 0.25) is 0 Å². The number of urea groups is 1. The molecule has 2 amide bonds. The van der Waals surface area contributed by atoms with Crippen LogP contribution in [-0.4, -0.2) is 6.03 Å². The van der Waals surface area contributed by atoms with Crippen LogP contribution in [0.1, 0.15) is 16.7 Å². The van der Waals surface area contributed by atoms with E-state index in [1.165, 1.54) is 5.56 Å². The van der Waals surface area contributed by atoms with Crippen molar-refractivity contribution in [3.05, 3.63) is 75.9 Å². The van der Waals surface area contributed by atoms with Crippen LogP contribution in [0.15, 0.2) is 59.2 Å². The Morgan fingerprint density at radius 2 is 1.86 bits per heavy atom. The van der Waals surface area contributed by atoms with Crippen molar-refractivity contribution in [3.8, 4) is 0 Å². The molecular weight excluding hydrogens is 328 g/mol. The molecule has 0 aromatic heterocycles. The molecule has 0 atom stereocenters. The molecule has 108 valence electrons. The fourth-order valence-corrected chi connectivity index (χ4v) is 2.08. The molecule has 2 aromatic carbocycles. The molecule has 21 heavy (non-hydrogen) atoms. The molecule has 0 heterocycles. The van der Waals surface area contributed by atoms with Crippen LogP contribution >= 0.6 is 15.9 Å². The first-order valence-electron chi connectivity index (χ1n) is 6.66. The van der Waals surface area contributed by atoms with Crippen molar-refractivity contribution in [2.75, 3.05) is 0 Å². The number of rotatable bonds is 4. The van der Waals surface area contributed by atoms with E-state index in [0.717, 1.165) is 15.6 Å². The highest BCUT2D eigenvalue weighted by molar-refractivity contribution is 9.10. The van der Waals surface area contributed by atoms with Crippen molar-refractivity contribution in [3.63, 3.8) is 0 Å². The standard InChI is InChI=1S/C17H17BrN2O/c1-13-4-2-3-5-15(13)10-11-19-17(21)20-12-14-6-8-16(18)9-7-14/h2-11H,12H2,1H3,(H2,19,20,21)/b11-10+. The third-order valence-corrected chi connectivity index (χ3v) is 3.56. The lowest BCUT2D eigenvalue weighted by Gasteiger charge is -2.05. The van der Waals surface area contributed by atoms with E-state index in [2.05, 4.69) is 26.6 Å². The van der Waals surface area contributed by atoms with Gasteiger partial charge in [0, 0.05) is 17.2 Å². The summed E-state index contributed by atoms with van der Waals surface area (Å²) in [6.07, 6.45) is 3.54. The molecule has 2 N–H and O–H groups in total. The average Bonchev–Trinajstić information content (AvgIpc) is 2.49. The number of amides is 2. The van der Waals surface area contributed by atoms with Crippen molar-refractivity contribution in [1.82, 2.24) is 10.6 Å². The van der Waals surface area contributed by atoms with Crippen molar-refractivity contribution in [2.24, 2.45) is 0 Å². The average molecular weight is 345 g/mol. The number of benzene rings is 2. The van der Waals surface area contributed by atoms with E-state index in [1.54, 1.807) is 6.20 Å². The maximum absolute atomic E-state index is 11.7. The number of aryl methyl sites for hydroxylation is 1. The molecule has 0 saturated heterocycles. The predicted octanol–water partition coefficient (Wildman–Crippen LogP) is 4.23. The molecule has 4 heteroatoms. The molecule has 0 fully saturated rings. The van der Waals surface area contributed by atoms with Gasteiger partial charge in [0.05, 0.1) is 0 Å². The van der Waals surface area contributed by atoms with Gasteiger partial charge >= 0.3 is 6.03 Å². The Morgan fingerprint density at radius 3 is 2.57 bits per heavy atom. The highest BCUT2D eigenvalue weighted by Crippen LogP contribution is 2.10. The maximum Gasteiger partial charge on any atom is 0.319 e. The minimum atomic E-state index is -0.220. The first-order valence-corrected chi connectivity index (χ1v) is 7.45. The summed E-state index contributed by atoms with van der Waals surface area (Å²) >= 11 is 3.38. The van der Waals surface area contributed by atoms with Crippen LogP contribution in [0.25, 0.3) is 6.08 Å². The van der Waals surface area contributed by atoms with Crippen molar-refractivity contribution < 1.29 is 4.79 Å². The molecular formula is C17H17BrN2O. The van der Waals surface area contributed by atoms with Crippen LogP contribution in [0.3, 0.4) is 0 Å². The number of carbonyl (C=O) groups is 1. The summed E-state index contributed by atoms with van der Waals surface area (Å²) < 4.78 is 1.02. The van der Waals surface area contributed by atoms with Crippen LogP contribution in [0, 0.1) is 6.92 Å². The SMILES string of the molecule is Cc1ccccc1/C=C/NC(=O)NCc1ccc(Br)cc1. The van der Waals surface area contributed by atoms with Gasteiger partial charge in [0.1, 0.15) is 0 Å². The first kappa shape index (κ1) is 15.3. The lowest BCUT2D eigenvalue weighted by atomic mass is 10.1. The number of hydrogen-bond acceptors (Lipinski definition) is 1. The zero-order chi connectivity index (χ0) is 15.1. The van der Waals surface area contributed by atoms with Crippen molar-refractivity contribution >= 4 is 28.0 Å². The Balaban J connectivity index is 1.80. The Bertz CT molecular complexity index is 635. The van der Waals surface area contributed by atoms with Gasteiger partial charge in [0.15, 0.2) is 0 Å². The Morgan fingerprint density at radius 1 is 1.14 bits per heavy atom. The molecule has 0 saturated carbocycles. The van der Waals surface area contributed by atoms with E-state index in [9.17, 15) is 4.79 Å². The van der Waals surface area contributed by atoms with E-state index >= 15 is 0 Å². The molecule has 0 spiro atoms. The third kappa shape index (κ3) is 5.08. The van der Waals surface area contributed by atoms with Gasteiger partial charge in [0.2, 0.25) is 0 Å². The summed E-state index contributed by atoms with van der Waals surface area (Å²) in [6.45, 7) is 2.53. The molecule has 0 aliphatic heterocycles. The Kier molecular flexibility index (Phi) is 5.58. The van der Waals surface area contributed by atoms with Gasteiger partial charge in [-0.05, 0) is 41.8 Å². The third-order valence-electron chi connectivity index (χ3n) is 3.03. The summed E-state index contributed by atoms with van der Waals surface area (Å²) in [7, 11) is 0. The van der Waals surface area contributed by atoms with Gasteiger partial charge in [-0.3, -0.25) is 0 Å². The fraction of sp³-hybridized carbons (Fsp3) is 0.118. The van der Waals surface area contributed by atoms with E-state index in [-0.39, 0.29) is 6.03 Å². The molecule has 0 unspecified atom stereocenters. The van der Waals surface area contributed by atoms with E-state index < -0.39 is 0 Å². The molecule has 0 bridgehead atoms. The van der Waals surface area contributed by atoms with E-state index in [4.69, 9.17) is 0 Å². The second-order valence-corrected chi connectivity index (χ2v) is 5.56. The second kappa shape index (κ2) is 7.64. The molecule has 2 aromatic rings. The molecule has 0 radical (unpaired) electrons.